The van der Waals surface area contributed by atoms with Crippen molar-refractivity contribution in [3.63, 3.8) is 0 Å². The largest absolute Gasteiger partial charge is 0.480 e. The summed E-state index contributed by atoms with van der Waals surface area (Å²) in [5.74, 6) is -1.23. The van der Waals surface area contributed by atoms with Gasteiger partial charge in [0.2, 0.25) is 21.8 Å². The summed E-state index contributed by atoms with van der Waals surface area (Å²) >= 11 is 1.32. The Morgan fingerprint density at radius 1 is 1.14 bits per heavy atom. The van der Waals surface area contributed by atoms with E-state index < -0.39 is 38.7 Å². The number of carbonyl (C=O) groups is 3. The average Bonchev–Trinajstić information content (AvgIpc) is 3.32. The Morgan fingerprint density at radius 3 is 2.51 bits per heavy atom. The van der Waals surface area contributed by atoms with Crippen LogP contribution in [0.3, 0.4) is 0 Å². The molecule has 2 amide bonds. The van der Waals surface area contributed by atoms with Gasteiger partial charge >= 0.3 is 5.97 Å². The Morgan fingerprint density at radius 2 is 1.86 bits per heavy atom. The molecule has 0 aliphatic carbocycles. The number of nitrogens with one attached hydrogen (secondary N) is 4. The molecule has 2 aliphatic rings. The van der Waals surface area contributed by atoms with Gasteiger partial charge in [-0.3, -0.25) is 14.6 Å². The molecule has 2 aromatic rings. The lowest BCUT2D eigenvalue weighted by Crippen LogP contribution is -2.56. The number of guanidine groups is 1. The van der Waals surface area contributed by atoms with E-state index in [0.717, 1.165) is 29.8 Å². The van der Waals surface area contributed by atoms with Crippen LogP contribution in [0.4, 0.5) is 5.69 Å². The van der Waals surface area contributed by atoms with Gasteiger partial charge in [-0.15, -0.1) is 11.8 Å². The highest BCUT2D eigenvalue weighted by Crippen LogP contribution is 2.42. The average molecular weight is 631 g/mol. The smallest absolute Gasteiger partial charge is 0.326 e. The van der Waals surface area contributed by atoms with Crippen LogP contribution in [0.1, 0.15) is 38.7 Å². The van der Waals surface area contributed by atoms with Crippen LogP contribution in [0.15, 0.2) is 64.5 Å². The van der Waals surface area contributed by atoms with Crippen LogP contribution < -0.4 is 21.3 Å². The molecule has 2 atom stereocenters. The van der Waals surface area contributed by atoms with Crippen LogP contribution in [-0.4, -0.2) is 83.9 Å². The van der Waals surface area contributed by atoms with E-state index in [1.54, 1.807) is 56.3 Å². The Bertz CT molecular complexity index is 1430. The first-order chi connectivity index (χ1) is 20.5. The minimum Gasteiger partial charge on any atom is -0.480 e. The zero-order valence-corrected chi connectivity index (χ0v) is 25.8. The van der Waals surface area contributed by atoms with Crippen molar-refractivity contribution in [3.8, 4) is 0 Å². The normalized spacial score (nSPS) is 19.0. The second-order valence-corrected chi connectivity index (χ2v) is 14.4. The highest BCUT2D eigenvalue weighted by molar-refractivity contribution is 8.02. The molecule has 2 aromatic carbocycles. The maximum atomic E-state index is 13.5. The lowest BCUT2D eigenvalue weighted by atomic mass is 10.0. The van der Waals surface area contributed by atoms with Crippen molar-refractivity contribution in [2.45, 2.75) is 61.3 Å². The maximum absolute atomic E-state index is 13.5. The van der Waals surface area contributed by atoms with Crippen molar-refractivity contribution in [1.82, 2.24) is 20.3 Å². The van der Waals surface area contributed by atoms with Gasteiger partial charge in [-0.1, -0.05) is 30.3 Å². The predicted octanol–water partition coefficient (Wildman–Crippen LogP) is 2.00. The van der Waals surface area contributed by atoms with Crippen LogP contribution >= 0.6 is 11.8 Å². The number of hydrogen-bond acceptors (Lipinski definition) is 9. The van der Waals surface area contributed by atoms with Crippen molar-refractivity contribution in [1.29, 1.82) is 0 Å². The SMILES string of the molecule is CC1(C)SCN(S(=O)(=O)c2ccccc2)[C@@H]1C(=O)N[C@@H](Cc1ccc(NC(=O)CCCNC2=NCCCN2)cc1)C(=O)O. The number of thioether (sulfide) groups is 1. The predicted molar refractivity (Wildman–Crippen MR) is 166 cm³/mol. The molecular formula is C29H38N6O6S2. The molecule has 4 rings (SSSR count). The fourth-order valence-corrected chi connectivity index (χ4v) is 8.04. The number of rotatable bonds is 12. The number of amides is 2. The van der Waals surface area contributed by atoms with Crippen molar-refractivity contribution in [3.05, 3.63) is 60.2 Å². The van der Waals surface area contributed by atoms with Gasteiger partial charge < -0.3 is 26.4 Å². The number of nitrogens with zero attached hydrogens (tertiary/aromatic N) is 2. The van der Waals surface area contributed by atoms with Crippen molar-refractivity contribution < 1.29 is 27.9 Å². The minimum absolute atomic E-state index is 0.0232. The van der Waals surface area contributed by atoms with Crippen LogP contribution in [0, 0.1) is 0 Å². The Labute approximate surface area is 256 Å². The fourth-order valence-electron chi connectivity index (χ4n) is 4.85. The monoisotopic (exact) mass is 630 g/mol. The van der Waals surface area contributed by atoms with E-state index in [9.17, 15) is 27.9 Å². The van der Waals surface area contributed by atoms with Crippen LogP contribution in [0.2, 0.25) is 0 Å². The molecule has 232 valence electrons. The van der Waals surface area contributed by atoms with Gasteiger partial charge in [0.15, 0.2) is 5.96 Å². The van der Waals surface area contributed by atoms with E-state index >= 15 is 0 Å². The van der Waals surface area contributed by atoms with Crippen molar-refractivity contribution >= 4 is 51.2 Å². The lowest BCUT2D eigenvalue weighted by molar-refractivity contribution is -0.142. The topological polar surface area (TPSA) is 169 Å². The molecule has 14 heteroatoms. The quantitative estimate of drug-likeness (QED) is 0.220. The number of carbonyl (C=O) groups excluding carboxylic acids is 2. The van der Waals surface area contributed by atoms with Crippen molar-refractivity contribution in [2.24, 2.45) is 4.99 Å². The summed E-state index contributed by atoms with van der Waals surface area (Å²) in [6.07, 6.45) is 1.94. The summed E-state index contributed by atoms with van der Waals surface area (Å²) < 4.78 is 27.1. The van der Waals surface area contributed by atoms with E-state index in [2.05, 4.69) is 26.3 Å². The Kier molecular flexibility index (Phi) is 10.7. The van der Waals surface area contributed by atoms with E-state index in [4.69, 9.17) is 0 Å². The molecule has 12 nitrogen and oxygen atoms in total. The second-order valence-electron chi connectivity index (χ2n) is 10.9. The molecule has 0 radical (unpaired) electrons. The third kappa shape index (κ3) is 8.48. The highest BCUT2D eigenvalue weighted by Gasteiger charge is 2.51. The summed E-state index contributed by atoms with van der Waals surface area (Å²) in [4.78, 5) is 42.3. The minimum atomic E-state index is -3.99. The Balaban J connectivity index is 1.33. The molecule has 1 saturated heterocycles. The number of benzene rings is 2. The molecule has 2 aliphatic heterocycles. The summed E-state index contributed by atoms with van der Waals surface area (Å²) in [5.41, 5.74) is 1.20. The second kappa shape index (κ2) is 14.2. The molecule has 0 saturated carbocycles. The molecule has 5 N–H and O–H groups in total. The number of carboxylic acids is 1. The molecule has 43 heavy (non-hydrogen) atoms. The molecule has 0 aromatic heterocycles. The van der Waals surface area contributed by atoms with Crippen molar-refractivity contribution in [2.75, 3.05) is 30.8 Å². The van der Waals surface area contributed by atoms with Gasteiger partial charge in [0.05, 0.1) is 10.8 Å². The fraction of sp³-hybridized carbons (Fsp3) is 0.448. The van der Waals surface area contributed by atoms with Crippen LogP contribution in [0.5, 0.6) is 0 Å². The lowest BCUT2D eigenvalue weighted by Gasteiger charge is -2.31. The summed E-state index contributed by atoms with van der Waals surface area (Å²) in [6.45, 7) is 5.83. The molecule has 1 fully saturated rings. The number of carboxylic acid groups (broad SMARTS) is 1. The first-order valence-corrected chi connectivity index (χ1v) is 16.5. The first kappa shape index (κ1) is 32.3. The van der Waals surface area contributed by atoms with E-state index in [1.165, 1.54) is 23.9 Å². The van der Waals surface area contributed by atoms with Gasteiger partial charge in [0.1, 0.15) is 12.1 Å². The van der Waals surface area contributed by atoms with Gasteiger partial charge in [0.25, 0.3) is 0 Å². The zero-order chi connectivity index (χ0) is 31.0. The highest BCUT2D eigenvalue weighted by atomic mass is 32.2. The number of aliphatic imine (C=N–C) groups is 1. The van der Waals surface area contributed by atoms with Gasteiger partial charge in [-0.25, -0.2) is 13.2 Å². The summed E-state index contributed by atoms with van der Waals surface area (Å²) in [6, 6.07) is 12.2. The maximum Gasteiger partial charge on any atom is 0.326 e. The first-order valence-electron chi connectivity index (χ1n) is 14.1. The van der Waals surface area contributed by atoms with Crippen LogP contribution in [-0.2, 0) is 30.8 Å². The van der Waals surface area contributed by atoms with Gasteiger partial charge in [-0.2, -0.15) is 4.31 Å². The number of sulfonamides is 1. The number of aliphatic carboxylic acids is 1. The third-order valence-corrected chi connectivity index (χ3v) is 10.5. The van der Waals surface area contributed by atoms with E-state index in [1.807, 2.05) is 0 Å². The molecule has 0 spiro atoms. The van der Waals surface area contributed by atoms with Gasteiger partial charge in [-0.05, 0) is 56.5 Å². The molecule has 0 unspecified atom stereocenters. The number of anilines is 1. The summed E-state index contributed by atoms with van der Waals surface area (Å²) in [7, 11) is -3.99. The number of hydrogen-bond donors (Lipinski definition) is 5. The molecule has 2 heterocycles. The molecular weight excluding hydrogens is 592 g/mol. The van der Waals surface area contributed by atoms with E-state index in [0.29, 0.717) is 30.6 Å². The summed E-state index contributed by atoms with van der Waals surface area (Å²) in [5, 5.41) is 21.6. The standard InChI is InChI=1S/C29H38N6O6S2/c1-29(2)25(35(19-42-29)43(40,41)22-8-4-3-5-9-22)26(37)34-23(27(38)39)18-20-11-13-21(14-12-20)33-24(36)10-6-15-30-28-31-16-7-17-32-28/h3-5,8-9,11-14,23,25H,6-7,10,15-19H2,1-2H3,(H,33,36)(H,34,37)(H,38,39)(H2,30,31,32)/t23-,25+/m0/s1. The molecule has 0 bridgehead atoms. The zero-order valence-electron chi connectivity index (χ0n) is 24.2. The third-order valence-electron chi connectivity index (χ3n) is 7.17. The van der Waals surface area contributed by atoms with E-state index in [-0.39, 0.29) is 23.1 Å². The van der Waals surface area contributed by atoms with Gasteiger partial charge in [0, 0.05) is 42.9 Å². The van der Waals surface area contributed by atoms with Crippen LogP contribution in [0.25, 0.3) is 0 Å². The Hall–Kier alpha value is -3.62.